The van der Waals surface area contributed by atoms with Crippen LogP contribution in [0.5, 0.6) is 0 Å². The lowest BCUT2D eigenvalue weighted by Crippen LogP contribution is -2.39. The molecule has 1 heterocycles. The SMILES string of the molecule is CC(O)C(C)(CNc1ncnc(N)c1Cl)Cc1ccccc1. The van der Waals surface area contributed by atoms with Crippen LogP contribution in [0.4, 0.5) is 11.6 Å². The molecule has 4 N–H and O–H groups in total. The van der Waals surface area contributed by atoms with Crippen LogP contribution in [0.3, 0.4) is 0 Å². The Kier molecular flexibility index (Phi) is 5.21. The van der Waals surface area contributed by atoms with Gasteiger partial charge in [0.1, 0.15) is 23.0 Å². The highest BCUT2D eigenvalue weighted by atomic mass is 35.5. The van der Waals surface area contributed by atoms with E-state index in [1.54, 1.807) is 6.92 Å². The minimum absolute atomic E-state index is 0.237. The highest BCUT2D eigenvalue weighted by molar-refractivity contribution is 6.35. The fourth-order valence-corrected chi connectivity index (χ4v) is 2.38. The Morgan fingerprint density at radius 2 is 2.00 bits per heavy atom. The first-order chi connectivity index (χ1) is 10.4. The van der Waals surface area contributed by atoms with Crippen molar-refractivity contribution < 1.29 is 5.11 Å². The molecule has 6 heteroatoms. The maximum absolute atomic E-state index is 10.2. The summed E-state index contributed by atoms with van der Waals surface area (Å²) in [5.41, 5.74) is 6.47. The number of aliphatic hydroxyl groups is 1. The molecule has 0 radical (unpaired) electrons. The van der Waals surface area contributed by atoms with Gasteiger partial charge in [0.15, 0.2) is 0 Å². The third-order valence-electron chi connectivity index (χ3n) is 3.94. The molecule has 0 bridgehead atoms. The van der Waals surface area contributed by atoms with E-state index in [1.807, 2.05) is 25.1 Å². The average molecular weight is 321 g/mol. The third-order valence-corrected chi connectivity index (χ3v) is 4.31. The van der Waals surface area contributed by atoms with E-state index in [-0.39, 0.29) is 11.2 Å². The molecule has 2 rings (SSSR count). The number of halogens is 1. The lowest BCUT2D eigenvalue weighted by Gasteiger charge is -2.33. The van der Waals surface area contributed by atoms with E-state index in [2.05, 4.69) is 27.4 Å². The summed E-state index contributed by atoms with van der Waals surface area (Å²) >= 11 is 6.09. The topological polar surface area (TPSA) is 84.1 Å². The molecular weight excluding hydrogens is 300 g/mol. The van der Waals surface area contributed by atoms with Crippen LogP contribution in [0.2, 0.25) is 5.02 Å². The molecule has 5 nitrogen and oxygen atoms in total. The molecular formula is C16H21ClN4O. The number of aliphatic hydroxyl groups excluding tert-OH is 1. The van der Waals surface area contributed by atoms with Gasteiger partial charge in [-0.05, 0) is 18.9 Å². The number of rotatable bonds is 6. The number of nitrogen functional groups attached to an aromatic ring is 1. The minimum Gasteiger partial charge on any atom is -0.393 e. The Morgan fingerprint density at radius 1 is 1.32 bits per heavy atom. The molecule has 2 unspecified atom stereocenters. The number of benzene rings is 1. The van der Waals surface area contributed by atoms with Crippen LogP contribution < -0.4 is 11.1 Å². The molecule has 0 aliphatic heterocycles. The zero-order valence-corrected chi connectivity index (χ0v) is 13.5. The van der Waals surface area contributed by atoms with Crippen LogP contribution in [-0.4, -0.2) is 27.7 Å². The normalized spacial score (nSPS) is 15.1. The smallest absolute Gasteiger partial charge is 0.150 e. The second-order valence-corrected chi connectivity index (χ2v) is 6.15. The first-order valence-electron chi connectivity index (χ1n) is 7.14. The largest absolute Gasteiger partial charge is 0.393 e. The monoisotopic (exact) mass is 320 g/mol. The van der Waals surface area contributed by atoms with Crippen LogP contribution in [0.1, 0.15) is 19.4 Å². The van der Waals surface area contributed by atoms with Crippen LogP contribution >= 0.6 is 11.6 Å². The van der Waals surface area contributed by atoms with Crippen LogP contribution in [0.25, 0.3) is 0 Å². The minimum atomic E-state index is -0.502. The maximum atomic E-state index is 10.2. The van der Waals surface area contributed by atoms with Gasteiger partial charge in [-0.25, -0.2) is 9.97 Å². The Bertz CT molecular complexity index is 621. The first-order valence-corrected chi connectivity index (χ1v) is 7.52. The number of aromatic nitrogens is 2. The molecule has 2 aromatic rings. The van der Waals surface area contributed by atoms with Crippen LogP contribution in [0.15, 0.2) is 36.7 Å². The number of anilines is 2. The molecule has 22 heavy (non-hydrogen) atoms. The third kappa shape index (κ3) is 3.87. The zero-order valence-electron chi connectivity index (χ0n) is 12.8. The summed E-state index contributed by atoms with van der Waals surface area (Å²) in [6.45, 7) is 4.33. The summed E-state index contributed by atoms with van der Waals surface area (Å²) in [4.78, 5) is 7.92. The summed E-state index contributed by atoms with van der Waals surface area (Å²) in [7, 11) is 0. The Balaban J connectivity index is 2.13. The Morgan fingerprint density at radius 3 is 2.64 bits per heavy atom. The van der Waals surface area contributed by atoms with Gasteiger partial charge in [0.05, 0.1) is 6.10 Å². The van der Waals surface area contributed by atoms with Gasteiger partial charge in [-0.3, -0.25) is 0 Å². The molecule has 0 saturated heterocycles. The summed E-state index contributed by atoms with van der Waals surface area (Å²) in [6.07, 6.45) is 1.59. The number of nitrogens with two attached hydrogens (primary N) is 1. The lowest BCUT2D eigenvalue weighted by atomic mass is 9.79. The van der Waals surface area contributed by atoms with E-state index in [0.717, 1.165) is 6.42 Å². The lowest BCUT2D eigenvalue weighted by molar-refractivity contribution is 0.0619. The quantitative estimate of drug-likeness (QED) is 0.762. The summed E-state index contributed by atoms with van der Waals surface area (Å²) in [5.74, 6) is 0.718. The van der Waals surface area contributed by atoms with Crippen LogP contribution in [-0.2, 0) is 6.42 Å². The summed E-state index contributed by atoms with van der Waals surface area (Å²) in [5, 5.41) is 13.7. The van der Waals surface area contributed by atoms with Gasteiger partial charge in [0.25, 0.3) is 0 Å². The van der Waals surface area contributed by atoms with Gasteiger partial charge in [-0.15, -0.1) is 0 Å². The Hall–Kier alpha value is -1.85. The van der Waals surface area contributed by atoms with Crippen molar-refractivity contribution in [1.29, 1.82) is 0 Å². The summed E-state index contributed by atoms with van der Waals surface area (Å²) < 4.78 is 0. The molecule has 0 saturated carbocycles. The van der Waals surface area contributed by atoms with Crippen molar-refractivity contribution in [2.24, 2.45) is 5.41 Å². The standard InChI is InChI=1S/C16H21ClN4O/c1-11(22)16(2,8-12-6-4-3-5-7-12)9-19-15-13(17)14(18)20-10-21-15/h3-7,10-11,22H,8-9H2,1-2H3,(H3,18,19,20,21). The highest BCUT2D eigenvalue weighted by Crippen LogP contribution is 2.29. The van der Waals surface area contributed by atoms with Crippen molar-refractivity contribution >= 4 is 23.2 Å². The van der Waals surface area contributed by atoms with E-state index in [9.17, 15) is 5.11 Å². The fourth-order valence-electron chi connectivity index (χ4n) is 2.21. The highest BCUT2D eigenvalue weighted by Gasteiger charge is 2.30. The van der Waals surface area contributed by atoms with E-state index in [1.165, 1.54) is 11.9 Å². The van der Waals surface area contributed by atoms with Crippen molar-refractivity contribution in [3.05, 3.63) is 47.2 Å². The van der Waals surface area contributed by atoms with E-state index in [4.69, 9.17) is 17.3 Å². The van der Waals surface area contributed by atoms with Crippen LogP contribution in [0, 0.1) is 5.41 Å². The molecule has 1 aromatic carbocycles. The number of hydrogen-bond donors (Lipinski definition) is 3. The molecule has 0 fully saturated rings. The molecule has 0 aliphatic carbocycles. The predicted octanol–water partition coefficient (Wildman–Crippen LogP) is 2.75. The first kappa shape index (κ1) is 16.5. The fraction of sp³-hybridized carbons (Fsp3) is 0.375. The Labute approximate surface area is 135 Å². The van der Waals surface area contributed by atoms with Crippen molar-refractivity contribution in [3.8, 4) is 0 Å². The van der Waals surface area contributed by atoms with E-state index < -0.39 is 6.10 Å². The average Bonchev–Trinajstić information content (AvgIpc) is 2.49. The second-order valence-electron chi connectivity index (χ2n) is 5.77. The molecule has 1 aromatic heterocycles. The van der Waals surface area contributed by atoms with Crippen molar-refractivity contribution in [1.82, 2.24) is 9.97 Å². The van der Waals surface area contributed by atoms with Gasteiger partial charge in [0.2, 0.25) is 0 Å². The van der Waals surface area contributed by atoms with Gasteiger partial charge >= 0.3 is 0 Å². The molecule has 0 spiro atoms. The van der Waals surface area contributed by atoms with Gasteiger partial charge in [-0.1, -0.05) is 48.9 Å². The van der Waals surface area contributed by atoms with Gasteiger partial charge in [0, 0.05) is 12.0 Å². The van der Waals surface area contributed by atoms with Crippen molar-refractivity contribution in [2.75, 3.05) is 17.6 Å². The maximum Gasteiger partial charge on any atom is 0.150 e. The molecule has 0 amide bonds. The van der Waals surface area contributed by atoms with E-state index >= 15 is 0 Å². The predicted molar refractivity (Wildman–Crippen MR) is 89.9 cm³/mol. The van der Waals surface area contributed by atoms with Gasteiger partial charge in [-0.2, -0.15) is 0 Å². The number of nitrogens with zero attached hydrogens (tertiary/aromatic N) is 2. The summed E-state index contributed by atoms with van der Waals surface area (Å²) in [6, 6.07) is 10.1. The second kappa shape index (κ2) is 6.94. The van der Waals surface area contributed by atoms with E-state index in [0.29, 0.717) is 17.4 Å². The zero-order chi connectivity index (χ0) is 16.2. The van der Waals surface area contributed by atoms with Gasteiger partial charge < -0.3 is 16.2 Å². The molecule has 0 aliphatic rings. The molecule has 2 atom stereocenters. The number of hydrogen-bond acceptors (Lipinski definition) is 5. The van der Waals surface area contributed by atoms with Crippen molar-refractivity contribution in [3.63, 3.8) is 0 Å². The van der Waals surface area contributed by atoms with Crippen molar-refractivity contribution in [2.45, 2.75) is 26.4 Å². The number of nitrogens with one attached hydrogen (secondary N) is 1. The molecule has 118 valence electrons.